The average molecular weight is 337 g/mol. The van der Waals surface area contributed by atoms with E-state index in [1.54, 1.807) is 0 Å². The molecule has 0 unspecified atom stereocenters. The Bertz CT molecular complexity index is 870. The van der Waals surface area contributed by atoms with Crippen molar-refractivity contribution in [1.82, 2.24) is 0 Å². The van der Waals surface area contributed by atoms with Crippen LogP contribution in [-0.4, -0.2) is 15.8 Å². The van der Waals surface area contributed by atoms with Gasteiger partial charge in [0.05, 0.1) is 27.2 Å². The van der Waals surface area contributed by atoms with E-state index in [9.17, 15) is 33.8 Å². The van der Waals surface area contributed by atoms with Crippen LogP contribution < -0.4 is 5.32 Å². The molecule has 0 spiro atoms. The number of carbonyl (C=O) groups is 1. The van der Waals surface area contributed by atoms with Gasteiger partial charge in [0.2, 0.25) is 0 Å². The van der Waals surface area contributed by atoms with Gasteiger partial charge in [-0.3, -0.25) is 25.0 Å². The Hall–Kier alpha value is -3.43. The Kier molecular flexibility index (Phi) is 4.49. The zero-order valence-electron chi connectivity index (χ0n) is 12.1. The number of rotatable bonds is 4. The topological polar surface area (TPSA) is 115 Å². The second kappa shape index (κ2) is 6.36. The fourth-order valence-electron chi connectivity index (χ4n) is 2.00. The predicted octanol–water partition coefficient (Wildman–Crippen LogP) is 3.34. The number of benzene rings is 2. The molecule has 0 bridgehead atoms. The lowest BCUT2D eigenvalue weighted by Crippen LogP contribution is -2.15. The summed E-state index contributed by atoms with van der Waals surface area (Å²) in [5.74, 6) is -2.90. The van der Waals surface area contributed by atoms with Crippen LogP contribution in [0.25, 0.3) is 0 Å². The van der Waals surface area contributed by atoms with E-state index in [1.807, 2.05) is 0 Å². The van der Waals surface area contributed by atoms with Crippen molar-refractivity contribution in [2.75, 3.05) is 5.32 Å². The van der Waals surface area contributed by atoms with Crippen molar-refractivity contribution in [1.29, 1.82) is 0 Å². The van der Waals surface area contributed by atoms with Crippen LogP contribution in [0.3, 0.4) is 0 Å². The number of hydrogen-bond donors (Lipinski definition) is 1. The van der Waals surface area contributed by atoms with Crippen molar-refractivity contribution in [2.45, 2.75) is 6.92 Å². The smallest absolute Gasteiger partial charge is 0.279 e. The second-order valence-corrected chi connectivity index (χ2v) is 4.73. The molecule has 0 aliphatic rings. The average Bonchev–Trinajstić information content (AvgIpc) is 2.49. The molecule has 1 N–H and O–H groups in total. The molecule has 24 heavy (non-hydrogen) atoms. The molecule has 0 saturated heterocycles. The lowest BCUT2D eigenvalue weighted by atomic mass is 10.0. The number of amides is 1. The van der Waals surface area contributed by atoms with E-state index in [0.717, 1.165) is 24.3 Å². The molecule has 0 radical (unpaired) electrons. The first-order chi connectivity index (χ1) is 11.2. The van der Waals surface area contributed by atoms with Crippen LogP contribution in [0.15, 0.2) is 30.3 Å². The van der Waals surface area contributed by atoms with Gasteiger partial charge in [0, 0.05) is 17.7 Å². The Labute approximate surface area is 133 Å². The summed E-state index contributed by atoms with van der Waals surface area (Å²) >= 11 is 0. The maximum Gasteiger partial charge on any atom is 0.279 e. The highest BCUT2D eigenvalue weighted by atomic mass is 19.1. The lowest BCUT2D eigenvalue weighted by Gasteiger charge is -2.09. The van der Waals surface area contributed by atoms with Crippen molar-refractivity contribution in [3.8, 4) is 0 Å². The molecule has 2 aromatic carbocycles. The Morgan fingerprint density at radius 1 is 1.08 bits per heavy atom. The fraction of sp³-hybridized carbons (Fsp3) is 0.0714. The number of halogens is 2. The molecule has 0 aliphatic carbocycles. The van der Waals surface area contributed by atoms with E-state index < -0.39 is 38.8 Å². The van der Waals surface area contributed by atoms with Crippen molar-refractivity contribution in [3.05, 3.63) is 73.3 Å². The first-order valence-corrected chi connectivity index (χ1v) is 6.40. The molecule has 1 amide bonds. The van der Waals surface area contributed by atoms with Crippen molar-refractivity contribution in [3.63, 3.8) is 0 Å². The monoisotopic (exact) mass is 337 g/mol. The minimum absolute atomic E-state index is 0.120. The predicted molar refractivity (Wildman–Crippen MR) is 78.8 cm³/mol. The number of nitro benzene ring substituents is 2. The van der Waals surface area contributed by atoms with E-state index >= 15 is 0 Å². The summed E-state index contributed by atoms with van der Waals surface area (Å²) in [6.07, 6.45) is 0. The standard InChI is InChI=1S/C14H9F2N3O5/c1-7-10(5-9(18(21)22)6-13(7)19(23)24)14(20)17-12-3-2-8(15)4-11(12)16/h2-6H,1H3,(H,17,20). The highest BCUT2D eigenvalue weighted by Gasteiger charge is 2.25. The van der Waals surface area contributed by atoms with Crippen LogP contribution in [0.4, 0.5) is 25.8 Å². The molecule has 124 valence electrons. The van der Waals surface area contributed by atoms with Crippen LogP contribution in [0.2, 0.25) is 0 Å². The molecule has 0 atom stereocenters. The number of nitrogens with one attached hydrogen (secondary N) is 1. The summed E-state index contributed by atoms with van der Waals surface area (Å²) in [7, 11) is 0. The molecule has 10 heteroatoms. The summed E-state index contributed by atoms with van der Waals surface area (Å²) in [6.45, 7) is 1.23. The minimum atomic E-state index is -1.05. The number of nitro groups is 2. The molecule has 0 aliphatic heterocycles. The van der Waals surface area contributed by atoms with Crippen LogP contribution in [0.5, 0.6) is 0 Å². The maximum atomic E-state index is 13.6. The van der Waals surface area contributed by atoms with E-state index in [4.69, 9.17) is 0 Å². The van der Waals surface area contributed by atoms with Gasteiger partial charge in [-0.1, -0.05) is 0 Å². The maximum absolute atomic E-state index is 13.6. The number of non-ortho nitro benzene ring substituents is 1. The third-order valence-corrected chi connectivity index (χ3v) is 3.20. The van der Waals surface area contributed by atoms with Gasteiger partial charge in [0.1, 0.15) is 11.6 Å². The Balaban J connectivity index is 2.48. The van der Waals surface area contributed by atoms with Gasteiger partial charge in [-0.05, 0) is 19.1 Å². The van der Waals surface area contributed by atoms with Gasteiger partial charge < -0.3 is 5.32 Å². The highest BCUT2D eigenvalue weighted by molar-refractivity contribution is 6.06. The quantitative estimate of drug-likeness (QED) is 0.678. The molecule has 2 aromatic rings. The lowest BCUT2D eigenvalue weighted by molar-refractivity contribution is -0.394. The SMILES string of the molecule is Cc1c(C(=O)Nc2ccc(F)cc2F)cc([N+](=O)[O-])cc1[N+](=O)[O-]. The molecule has 0 saturated carbocycles. The molecule has 0 aromatic heterocycles. The zero-order chi connectivity index (χ0) is 18.0. The van der Waals surface area contributed by atoms with Gasteiger partial charge in [0.15, 0.2) is 0 Å². The molecule has 2 rings (SSSR count). The number of anilines is 1. The van der Waals surface area contributed by atoms with Crippen LogP contribution >= 0.6 is 0 Å². The second-order valence-electron chi connectivity index (χ2n) is 4.73. The summed E-state index contributed by atoms with van der Waals surface area (Å²) in [4.78, 5) is 32.3. The molecular weight excluding hydrogens is 328 g/mol. The first kappa shape index (κ1) is 16.9. The first-order valence-electron chi connectivity index (χ1n) is 6.40. The van der Waals surface area contributed by atoms with Crippen molar-refractivity contribution >= 4 is 23.0 Å². The van der Waals surface area contributed by atoms with Gasteiger partial charge in [-0.15, -0.1) is 0 Å². The summed E-state index contributed by atoms with van der Waals surface area (Å²) in [5.41, 5.74) is -2.12. The normalized spacial score (nSPS) is 10.3. The van der Waals surface area contributed by atoms with Crippen LogP contribution in [0, 0.1) is 38.8 Å². The van der Waals surface area contributed by atoms with Crippen molar-refractivity contribution in [2.24, 2.45) is 0 Å². The Morgan fingerprint density at radius 2 is 1.75 bits per heavy atom. The van der Waals surface area contributed by atoms with Crippen molar-refractivity contribution < 1.29 is 23.4 Å². The highest BCUT2D eigenvalue weighted by Crippen LogP contribution is 2.28. The van der Waals surface area contributed by atoms with Gasteiger partial charge in [0.25, 0.3) is 17.3 Å². The molecule has 0 heterocycles. The third-order valence-electron chi connectivity index (χ3n) is 3.20. The van der Waals surface area contributed by atoms with Gasteiger partial charge >= 0.3 is 0 Å². The molecule has 8 nitrogen and oxygen atoms in total. The van der Waals surface area contributed by atoms with Gasteiger partial charge in [-0.2, -0.15) is 0 Å². The van der Waals surface area contributed by atoms with E-state index in [0.29, 0.717) is 6.07 Å². The van der Waals surface area contributed by atoms with E-state index in [-0.39, 0.29) is 16.8 Å². The minimum Gasteiger partial charge on any atom is -0.319 e. The van der Waals surface area contributed by atoms with Gasteiger partial charge in [-0.25, -0.2) is 8.78 Å². The zero-order valence-corrected chi connectivity index (χ0v) is 12.1. The molecular formula is C14H9F2N3O5. The Morgan fingerprint density at radius 3 is 2.29 bits per heavy atom. The summed E-state index contributed by atoms with van der Waals surface area (Å²) in [6, 6.07) is 3.98. The number of hydrogen-bond acceptors (Lipinski definition) is 5. The van der Waals surface area contributed by atoms with Crippen LogP contribution in [-0.2, 0) is 0 Å². The summed E-state index contributed by atoms with van der Waals surface area (Å²) < 4.78 is 26.4. The van der Waals surface area contributed by atoms with Crippen LogP contribution in [0.1, 0.15) is 15.9 Å². The summed E-state index contributed by atoms with van der Waals surface area (Å²) in [5, 5.41) is 23.9. The van der Waals surface area contributed by atoms with E-state index in [2.05, 4.69) is 5.32 Å². The number of carbonyl (C=O) groups excluding carboxylic acids is 1. The van der Waals surface area contributed by atoms with E-state index in [1.165, 1.54) is 6.92 Å². The molecule has 0 fully saturated rings. The largest absolute Gasteiger partial charge is 0.319 e. The number of nitrogens with zero attached hydrogens (tertiary/aromatic N) is 2. The third kappa shape index (κ3) is 3.32. The fourth-order valence-corrected chi connectivity index (χ4v) is 2.00.